The molecule has 26 heavy (non-hydrogen) atoms. The Bertz CT molecular complexity index is 469. The molecule has 4 nitrogen and oxygen atoms in total. The fourth-order valence-corrected chi connectivity index (χ4v) is 3.47. The van der Waals surface area contributed by atoms with Crippen molar-refractivity contribution in [2.24, 2.45) is 5.92 Å². The van der Waals surface area contributed by atoms with Crippen LogP contribution in [0.2, 0.25) is 0 Å². The smallest absolute Gasteiger partial charge is 0.303 e. The van der Waals surface area contributed by atoms with Crippen molar-refractivity contribution in [3.05, 3.63) is 23.3 Å². The summed E-state index contributed by atoms with van der Waals surface area (Å²) in [6.45, 7) is 8.51. The van der Waals surface area contributed by atoms with Gasteiger partial charge in [0.05, 0.1) is 0 Å². The van der Waals surface area contributed by atoms with E-state index in [0.717, 1.165) is 30.8 Å². The molecule has 0 aliphatic heterocycles. The van der Waals surface area contributed by atoms with Crippen LogP contribution in [0.1, 0.15) is 72.6 Å². The first-order valence-electron chi connectivity index (χ1n) is 9.55. The molecule has 5 heteroatoms. The predicted octanol–water partition coefficient (Wildman–Crippen LogP) is 5.63. The van der Waals surface area contributed by atoms with Crippen molar-refractivity contribution in [2.75, 3.05) is 18.1 Å². The zero-order valence-corrected chi connectivity index (χ0v) is 17.7. The highest BCUT2D eigenvalue weighted by atomic mass is 32.2. The quantitative estimate of drug-likeness (QED) is 0.225. The minimum atomic E-state index is -0.734. The van der Waals surface area contributed by atoms with Crippen LogP contribution in [0, 0.1) is 5.92 Å². The third-order valence-electron chi connectivity index (χ3n) is 4.09. The van der Waals surface area contributed by atoms with Crippen LogP contribution >= 0.6 is 11.8 Å². The molecule has 0 heterocycles. The number of thioether (sulfide) groups is 1. The predicted molar refractivity (Wildman–Crippen MR) is 111 cm³/mol. The number of hydrogen-bond donors (Lipinski definition) is 1. The van der Waals surface area contributed by atoms with E-state index in [1.165, 1.54) is 30.9 Å². The van der Waals surface area contributed by atoms with Crippen LogP contribution in [0.15, 0.2) is 23.3 Å². The van der Waals surface area contributed by atoms with Gasteiger partial charge in [0.15, 0.2) is 0 Å². The van der Waals surface area contributed by atoms with Crippen molar-refractivity contribution < 1.29 is 19.4 Å². The van der Waals surface area contributed by atoms with Crippen LogP contribution < -0.4 is 0 Å². The average molecular weight is 385 g/mol. The Hall–Kier alpha value is -1.23. The molecule has 150 valence electrons. The van der Waals surface area contributed by atoms with Crippen LogP contribution in [-0.4, -0.2) is 35.2 Å². The molecule has 0 bridgehead atoms. The SMILES string of the molecule is CC(=O)OCCSCC(C)CCCC(C)=CCCC(C)=CCCC(=O)O. The number of carbonyl (C=O) groups excluding carboxylic acids is 1. The summed E-state index contributed by atoms with van der Waals surface area (Å²) in [7, 11) is 0. The van der Waals surface area contributed by atoms with E-state index >= 15 is 0 Å². The summed E-state index contributed by atoms with van der Waals surface area (Å²) in [6, 6.07) is 0. The van der Waals surface area contributed by atoms with E-state index < -0.39 is 5.97 Å². The molecular formula is C21H36O4S. The van der Waals surface area contributed by atoms with Gasteiger partial charge in [-0.3, -0.25) is 9.59 Å². The Kier molecular flexibility index (Phi) is 15.2. The number of ether oxygens (including phenoxy) is 1. The lowest BCUT2D eigenvalue weighted by Gasteiger charge is -2.11. The van der Waals surface area contributed by atoms with Gasteiger partial charge in [0.1, 0.15) is 6.61 Å². The molecule has 0 amide bonds. The van der Waals surface area contributed by atoms with Crippen LogP contribution in [0.25, 0.3) is 0 Å². The van der Waals surface area contributed by atoms with E-state index in [1.54, 1.807) is 0 Å². The van der Waals surface area contributed by atoms with Gasteiger partial charge in [-0.05, 0) is 64.0 Å². The first kappa shape index (κ1) is 24.8. The molecule has 0 saturated heterocycles. The number of carbonyl (C=O) groups is 2. The second-order valence-electron chi connectivity index (χ2n) is 6.98. The number of allylic oxidation sites excluding steroid dienone is 4. The van der Waals surface area contributed by atoms with Gasteiger partial charge >= 0.3 is 11.9 Å². The lowest BCUT2D eigenvalue weighted by Crippen LogP contribution is -2.05. The highest BCUT2D eigenvalue weighted by molar-refractivity contribution is 7.99. The summed E-state index contributed by atoms with van der Waals surface area (Å²) in [4.78, 5) is 21.2. The molecule has 1 unspecified atom stereocenters. The third kappa shape index (κ3) is 17.6. The molecule has 0 aromatic carbocycles. The van der Waals surface area contributed by atoms with Crippen molar-refractivity contribution in [1.82, 2.24) is 0 Å². The summed E-state index contributed by atoms with van der Waals surface area (Å²) in [5.74, 6) is 1.74. The summed E-state index contributed by atoms with van der Waals surface area (Å²) in [5, 5.41) is 8.63. The van der Waals surface area contributed by atoms with Crippen LogP contribution in [0.3, 0.4) is 0 Å². The van der Waals surface area contributed by atoms with Gasteiger partial charge < -0.3 is 9.84 Å². The second-order valence-corrected chi connectivity index (χ2v) is 8.13. The van der Waals surface area contributed by atoms with Crippen molar-refractivity contribution in [2.45, 2.75) is 72.6 Å². The Labute approximate surface area is 163 Å². The van der Waals surface area contributed by atoms with Crippen molar-refractivity contribution in [1.29, 1.82) is 0 Å². The molecule has 1 atom stereocenters. The summed E-state index contributed by atoms with van der Waals surface area (Å²) < 4.78 is 4.93. The van der Waals surface area contributed by atoms with E-state index in [4.69, 9.17) is 9.84 Å². The normalized spacial score (nSPS) is 13.5. The van der Waals surface area contributed by atoms with E-state index in [0.29, 0.717) is 18.9 Å². The maximum absolute atomic E-state index is 10.7. The average Bonchev–Trinajstić information content (AvgIpc) is 2.53. The monoisotopic (exact) mass is 384 g/mol. The molecular weight excluding hydrogens is 348 g/mol. The fraction of sp³-hybridized carbons (Fsp3) is 0.714. The summed E-state index contributed by atoms with van der Waals surface area (Å²) in [5.41, 5.74) is 2.72. The second kappa shape index (κ2) is 16.0. The molecule has 0 aromatic rings. The van der Waals surface area contributed by atoms with Crippen molar-refractivity contribution in [3.8, 4) is 0 Å². The standard InChI is InChI=1S/C21H36O4S/c1-17(8-5-9-18(2)11-7-13-21(23)24)10-6-12-19(3)16-26-15-14-25-20(4)22/h8,11,19H,5-7,9-10,12-16H2,1-4H3,(H,23,24). The number of rotatable bonds is 15. The Morgan fingerprint density at radius 1 is 1.04 bits per heavy atom. The summed E-state index contributed by atoms with van der Waals surface area (Å²) in [6.07, 6.45) is 10.8. The highest BCUT2D eigenvalue weighted by Gasteiger charge is 2.03. The lowest BCUT2D eigenvalue weighted by atomic mass is 10.0. The van der Waals surface area contributed by atoms with Crippen LogP contribution in [-0.2, 0) is 14.3 Å². The van der Waals surface area contributed by atoms with Crippen LogP contribution in [0.5, 0.6) is 0 Å². The molecule has 0 saturated carbocycles. The topological polar surface area (TPSA) is 63.6 Å². The molecule has 0 rings (SSSR count). The van der Waals surface area contributed by atoms with Gasteiger partial charge in [-0.1, -0.05) is 30.2 Å². The van der Waals surface area contributed by atoms with Gasteiger partial charge in [0.2, 0.25) is 0 Å². The molecule has 0 aromatic heterocycles. The molecule has 0 aliphatic carbocycles. The Balaban J connectivity index is 3.73. The molecule has 1 N–H and O–H groups in total. The highest BCUT2D eigenvalue weighted by Crippen LogP contribution is 2.18. The zero-order valence-electron chi connectivity index (χ0n) is 16.9. The van der Waals surface area contributed by atoms with E-state index in [-0.39, 0.29) is 12.4 Å². The van der Waals surface area contributed by atoms with Crippen molar-refractivity contribution in [3.63, 3.8) is 0 Å². The zero-order chi connectivity index (χ0) is 19.8. The number of esters is 1. The fourth-order valence-electron chi connectivity index (χ4n) is 2.53. The Morgan fingerprint density at radius 2 is 1.65 bits per heavy atom. The van der Waals surface area contributed by atoms with Gasteiger partial charge in [0.25, 0.3) is 0 Å². The maximum Gasteiger partial charge on any atom is 0.303 e. The van der Waals surface area contributed by atoms with Gasteiger partial charge in [-0.25, -0.2) is 0 Å². The maximum atomic E-state index is 10.7. The minimum absolute atomic E-state index is 0.202. The van der Waals surface area contributed by atoms with Gasteiger partial charge in [-0.2, -0.15) is 11.8 Å². The molecule has 0 fully saturated rings. The largest absolute Gasteiger partial charge is 0.481 e. The first-order valence-corrected chi connectivity index (χ1v) is 10.7. The van der Waals surface area contributed by atoms with Gasteiger partial charge in [0, 0.05) is 19.1 Å². The number of carboxylic acids is 1. The molecule has 0 radical (unpaired) electrons. The number of hydrogen-bond acceptors (Lipinski definition) is 4. The third-order valence-corrected chi connectivity index (χ3v) is 5.35. The summed E-state index contributed by atoms with van der Waals surface area (Å²) >= 11 is 1.85. The lowest BCUT2D eigenvalue weighted by molar-refractivity contribution is -0.140. The Morgan fingerprint density at radius 3 is 2.27 bits per heavy atom. The number of carboxylic acid groups (broad SMARTS) is 1. The molecule has 0 aliphatic rings. The van der Waals surface area contributed by atoms with E-state index in [2.05, 4.69) is 26.8 Å². The molecule has 0 spiro atoms. The van der Waals surface area contributed by atoms with E-state index in [9.17, 15) is 9.59 Å². The van der Waals surface area contributed by atoms with E-state index in [1.807, 2.05) is 17.8 Å². The van der Waals surface area contributed by atoms with Gasteiger partial charge in [-0.15, -0.1) is 0 Å². The van der Waals surface area contributed by atoms with Crippen LogP contribution in [0.4, 0.5) is 0 Å². The van der Waals surface area contributed by atoms with Crippen molar-refractivity contribution >= 4 is 23.7 Å². The first-order chi connectivity index (χ1) is 12.3. The number of aliphatic carboxylic acids is 1. The minimum Gasteiger partial charge on any atom is -0.481 e.